The number of aliphatic hydroxyl groups excluding tert-OH is 1. The molecule has 2 rings (SSSR count). The molecule has 1 fully saturated rings. The number of benzene rings is 1. The minimum Gasteiger partial charge on any atom is -0.497 e. The predicted molar refractivity (Wildman–Crippen MR) is 81.4 cm³/mol. The van der Waals surface area contributed by atoms with E-state index in [9.17, 15) is 10.2 Å². The zero-order valence-electron chi connectivity index (χ0n) is 12.0. The summed E-state index contributed by atoms with van der Waals surface area (Å²) < 4.78 is 5.22. The number of hydrogen-bond acceptors (Lipinski definition) is 4. The smallest absolute Gasteiger partial charge is 0.119 e. The summed E-state index contributed by atoms with van der Waals surface area (Å²) in [5.74, 6) is 0.535. The normalized spacial score (nSPS) is 29.6. The highest BCUT2D eigenvalue weighted by Crippen LogP contribution is 2.42. The molecule has 1 aliphatic rings. The number of nitrogens with one attached hydrogen (secondary N) is 1. The van der Waals surface area contributed by atoms with Crippen LogP contribution in [0.1, 0.15) is 24.8 Å². The number of rotatable bonds is 4. The van der Waals surface area contributed by atoms with E-state index in [0.29, 0.717) is 13.0 Å². The van der Waals surface area contributed by atoms with Gasteiger partial charge in [0.25, 0.3) is 0 Å². The predicted octanol–water partition coefficient (Wildman–Crippen LogP) is 1.68. The third-order valence-electron chi connectivity index (χ3n) is 4.13. The van der Waals surface area contributed by atoms with Gasteiger partial charge in [-0.15, -0.1) is 12.4 Å². The standard InChI is InChI=1S/C15H23NO3.ClH/c1-16-10-13-14(17)7-4-8-15(13,18)11-5-3-6-12(9-11)19-2;/h3,5-6,9,13-14,16-18H,4,7-8,10H2,1-2H3;1H. The van der Waals surface area contributed by atoms with Crippen LogP contribution in [0.15, 0.2) is 24.3 Å². The van der Waals surface area contributed by atoms with Gasteiger partial charge >= 0.3 is 0 Å². The number of halogens is 1. The van der Waals surface area contributed by atoms with Crippen molar-refractivity contribution in [2.24, 2.45) is 5.92 Å². The first-order valence-corrected chi connectivity index (χ1v) is 6.81. The lowest BCUT2D eigenvalue weighted by atomic mass is 9.70. The van der Waals surface area contributed by atoms with Gasteiger partial charge in [-0.1, -0.05) is 12.1 Å². The average molecular weight is 302 g/mol. The molecule has 0 radical (unpaired) electrons. The topological polar surface area (TPSA) is 61.7 Å². The summed E-state index contributed by atoms with van der Waals surface area (Å²) in [7, 11) is 3.46. The van der Waals surface area contributed by atoms with E-state index in [0.717, 1.165) is 24.2 Å². The zero-order chi connectivity index (χ0) is 13.9. The molecule has 0 spiro atoms. The number of hydrogen-bond donors (Lipinski definition) is 3. The molecule has 20 heavy (non-hydrogen) atoms. The van der Waals surface area contributed by atoms with Crippen molar-refractivity contribution in [3.05, 3.63) is 29.8 Å². The molecule has 1 aromatic carbocycles. The van der Waals surface area contributed by atoms with Crippen molar-refractivity contribution in [1.82, 2.24) is 5.32 Å². The summed E-state index contributed by atoms with van der Waals surface area (Å²) in [6, 6.07) is 7.51. The van der Waals surface area contributed by atoms with Crippen LogP contribution in [0, 0.1) is 5.92 Å². The molecule has 0 heterocycles. The van der Waals surface area contributed by atoms with Gasteiger partial charge in [0.15, 0.2) is 0 Å². The Hall–Kier alpha value is -0.810. The van der Waals surface area contributed by atoms with Crippen molar-refractivity contribution in [3.8, 4) is 5.75 Å². The molecular formula is C15H24ClNO3. The van der Waals surface area contributed by atoms with Gasteiger partial charge in [-0.25, -0.2) is 0 Å². The first kappa shape index (κ1) is 17.2. The summed E-state index contributed by atoms with van der Waals surface area (Å²) >= 11 is 0. The molecule has 0 bridgehead atoms. The maximum Gasteiger partial charge on any atom is 0.119 e. The van der Waals surface area contributed by atoms with Gasteiger partial charge < -0.3 is 20.3 Å². The van der Waals surface area contributed by atoms with Gasteiger partial charge in [0, 0.05) is 12.5 Å². The molecule has 0 aliphatic heterocycles. The van der Waals surface area contributed by atoms with Crippen LogP contribution in [0.25, 0.3) is 0 Å². The van der Waals surface area contributed by atoms with Crippen LogP contribution in [0.5, 0.6) is 5.75 Å². The Balaban J connectivity index is 0.00000200. The van der Waals surface area contributed by atoms with Crippen molar-refractivity contribution in [3.63, 3.8) is 0 Å². The van der Waals surface area contributed by atoms with Crippen molar-refractivity contribution in [2.45, 2.75) is 31.0 Å². The highest BCUT2D eigenvalue weighted by Gasteiger charge is 2.44. The Kier molecular flexibility index (Phi) is 6.27. The van der Waals surface area contributed by atoms with Crippen LogP contribution in [-0.2, 0) is 5.60 Å². The first-order valence-electron chi connectivity index (χ1n) is 6.81. The molecule has 3 unspecified atom stereocenters. The average Bonchev–Trinajstić information content (AvgIpc) is 2.43. The van der Waals surface area contributed by atoms with Crippen LogP contribution >= 0.6 is 12.4 Å². The van der Waals surface area contributed by atoms with E-state index in [4.69, 9.17) is 4.74 Å². The van der Waals surface area contributed by atoms with Gasteiger partial charge in [-0.05, 0) is 44.0 Å². The molecule has 0 saturated heterocycles. The van der Waals surface area contributed by atoms with Crippen LogP contribution in [0.3, 0.4) is 0 Å². The Morgan fingerprint density at radius 1 is 1.45 bits per heavy atom. The number of methoxy groups -OCH3 is 1. The fourth-order valence-electron chi connectivity index (χ4n) is 3.06. The van der Waals surface area contributed by atoms with Gasteiger partial charge in [0.2, 0.25) is 0 Å². The van der Waals surface area contributed by atoms with Crippen LogP contribution in [0.2, 0.25) is 0 Å². The summed E-state index contributed by atoms with van der Waals surface area (Å²) in [5, 5.41) is 24.3. The van der Waals surface area contributed by atoms with E-state index < -0.39 is 11.7 Å². The largest absolute Gasteiger partial charge is 0.497 e. The lowest BCUT2D eigenvalue weighted by Crippen LogP contribution is -2.49. The minimum atomic E-state index is -0.991. The molecule has 0 amide bonds. The van der Waals surface area contributed by atoms with E-state index in [2.05, 4.69) is 5.32 Å². The molecule has 3 atom stereocenters. The summed E-state index contributed by atoms with van der Waals surface area (Å²) in [4.78, 5) is 0. The Morgan fingerprint density at radius 3 is 2.85 bits per heavy atom. The zero-order valence-corrected chi connectivity index (χ0v) is 12.8. The number of ether oxygens (including phenoxy) is 1. The van der Waals surface area contributed by atoms with Gasteiger partial charge in [-0.2, -0.15) is 0 Å². The van der Waals surface area contributed by atoms with Crippen molar-refractivity contribution in [2.75, 3.05) is 20.7 Å². The van der Waals surface area contributed by atoms with Gasteiger partial charge in [-0.3, -0.25) is 0 Å². The molecular weight excluding hydrogens is 278 g/mol. The van der Waals surface area contributed by atoms with Crippen molar-refractivity contribution in [1.29, 1.82) is 0 Å². The Labute approximate surface area is 126 Å². The summed E-state index contributed by atoms with van der Waals surface area (Å²) in [6.07, 6.45) is 1.77. The molecule has 1 saturated carbocycles. The molecule has 114 valence electrons. The molecule has 0 aromatic heterocycles. The van der Waals surface area contributed by atoms with Crippen molar-refractivity contribution < 1.29 is 14.9 Å². The second kappa shape index (κ2) is 7.27. The van der Waals surface area contributed by atoms with Crippen LogP contribution in [-0.4, -0.2) is 37.0 Å². The first-order chi connectivity index (χ1) is 9.11. The molecule has 1 aliphatic carbocycles. The summed E-state index contributed by atoms with van der Waals surface area (Å²) in [5.41, 5.74) is -0.166. The Morgan fingerprint density at radius 2 is 2.20 bits per heavy atom. The van der Waals surface area contributed by atoms with Crippen LogP contribution in [0.4, 0.5) is 0 Å². The number of aliphatic hydroxyl groups is 2. The molecule has 4 nitrogen and oxygen atoms in total. The third-order valence-corrected chi connectivity index (χ3v) is 4.13. The second-order valence-electron chi connectivity index (χ2n) is 5.28. The molecule has 3 N–H and O–H groups in total. The highest BCUT2D eigenvalue weighted by molar-refractivity contribution is 5.85. The third kappa shape index (κ3) is 3.26. The maximum absolute atomic E-state index is 11.1. The Bertz CT molecular complexity index is 429. The van der Waals surface area contributed by atoms with E-state index in [1.54, 1.807) is 7.11 Å². The lowest BCUT2D eigenvalue weighted by Gasteiger charge is -2.43. The van der Waals surface area contributed by atoms with E-state index in [-0.39, 0.29) is 18.3 Å². The molecule has 1 aromatic rings. The minimum absolute atomic E-state index is 0. The molecule has 5 heteroatoms. The monoisotopic (exact) mass is 301 g/mol. The maximum atomic E-state index is 11.1. The quantitative estimate of drug-likeness (QED) is 0.792. The second-order valence-corrected chi connectivity index (χ2v) is 5.28. The van der Waals surface area contributed by atoms with Gasteiger partial charge in [0.1, 0.15) is 5.75 Å². The fourth-order valence-corrected chi connectivity index (χ4v) is 3.06. The van der Waals surface area contributed by atoms with Crippen LogP contribution < -0.4 is 10.1 Å². The SMILES string of the molecule is CNCC1C(O)CCCC1(O)c1cccc(OC)c1.Cl. The summed E-state index contributed by atoms with van der Waals surface area (Å²) in [6.45, 7) is 0.592. The fraction of sp³-hybridized carbons (Fsp3) is 0.600. The van der Waals surface area contributed by atoms with Crippen molar-refractivity contribution >= 4 is 12.4 Å². The van der Waals surface area contributed by atoms with E-state index in [1.807, 2.05) is 31.3 Å². The van der Waals surface area contributed by atoms with E-state index >= 15 is 0 Å². The highest BCUT2D eigenvalue weighted by atomic mass is 35.5. The van der Waals surface area contributed by atoms with E-state index in [1.165, 1.54) is 0 Å². The lowest BCUT2D eigenvalue weighted by molar-refractivity contribution is -0.108. The van der Waals surface area contributed by atoms with Gasteiger partial charge in [0.05, 0.1) is 18.8 Å².